The number of nitrogens with zero attached hydrogens (tertiary/aromatic N) is 2. The van der Waals surface area contributed by atoms with E-state index >= 15 is 0 Å². The summed E-state index contributed by atoms with van der Waals surface area (Å²) in [6.45, 7) is 1.28. The molecular weight excluding hydrogens is 400 g/mol. The van der Waals surface area contributed by atoms with E-state index in [0.29, 0.717) is 18.9 Å². The number of anilines is 2. The zero-order valence-corrected chi connectivity index (χ0v) is 18.0. The SMILES string of the molecule is CN(Cc1ccccc1)c1ccc(NC(=O)NCCc2coc(-c3ccccc3)n2)cc1. The van der Waals surface area contributed by atoms with Crippen molar-refractivity contribution >= 4 is 17.4 Å². The molecule has 0 spiro atoms. The average Bonchev–Trinajstić information content (AvgIpc) is 3.30. The van der Waals surface area contributed by atoms with E-state index in [1.54, 1.807) is 6.26 Å². The highest BCUT2D eigenvalue weighted by Gasteiger charge is 2.08. The van der Waals surface area contributed by atoms with Crippen LogP contribution in [-0.2, 0) is 13.0 Å². The highest BCUT2D eigenvalue weighted by Crippen LogP contribution is 2.19. The van der Waals surface area contributed by atoms with E-state index < -0.39 is 0 Å². The van der Waals surface area contributed by atoms with E-state index in [9.17, 15) is 4.79 Å². The summed E-state index contributed by atoms with van der Waals surface area (Å²) in [5, 5.41) is 5.72. The van der Waals surface area contributed by atoms with Gasteiger partial charge in [-0.15, -0.1) is 0 Å². The lowest BCUT2D eigenvalue weighted by Crippen LogP contribution is -2.30. The number of hydrogen-bond donors (Lipinski definition) is 2. The largest absolute Gasteiger partial charge is 0.444 e. The first-order chi connectivity index (χ1) is 15.7. The van der Waals surface area contributed by atoms with Crippen LogP contribution >= 0.6 is 0 Å². The van der Waals surface area contributed by atoms with Gasteiger partial charge in [-0.1, -0.05) is 48.5 Å². The number of hydrogen-bond acceptors (Lipinski definition) is 4. The van der Waals surface area contributed by atoms with Crippen molar-refractivity contribution in [3.63, 3.8) is 0 Å². The molecule has 1 aromatic heterocycles. The highest BCUT2D eigenvalue weighted by atomic mass is 16.3. The van der Waals surface area contributed by atoms with Crippen LogP contribution in [0.2, 0.25) is 0 Å². The molecule has 0 aliphatic heterocycles. The Morgan fingerprint density at radius 2 is 1.62 bits per heavy atom. The summed E-state index contributed by atoms with van der Waals surface area (Å²) in [7, 11) is 2.05. The van der Waals surface area contributed by atoms with Gasteiger partial charge in [0.15, 0.2) is 0 Å². The lowest BCUT2D eigenvalue weighted by atomic mass is 10.2. The van der Waals surface area contributed by atoms with Gasteiger partial charge >= 0.3 is 6.03 Å². The molecule has 2 N–H and O–H groups in total. The summed E-state index contributed by atoms with van der Waals surface area (Å²) in [6.07, 6.45) is 2.22. The number of carbonyl (C=O) groups excluding carboxylic acids is 1. The van der Waals surface area contributed by atoms with Gasteiger partial charge in [-0.2, -0.15) is 0 Å². The van der Waals surface area contributed by atoms with Crippen molar-refractivity contribution in [2.75, 3.05) is 23.8 Å². The first-order valence-electron chi connectivity index (χ1n) is 10.6. The molecule has 2 amide bonds. The van der Waals surface area contributed by atoms with Gasteiger partial charge in [-0.05, 0) is 42.0 Å². The van der Waals surface area contributed by atoms with Crippen molar-refractivity contribution in [3.8, 4) is 11.5 Å². The van der Waals surface area contributed by atoms with Crippen LogP contribution < -0.4 is 15.5 Å². The van der Waals surface area contributed by atoms with Gasteiger partial charge in [0.1, 0.15) is 6.26 Å². The van der Waals surface area contributed by atoms with Crippen LogP contribution in [0, 0.1) is 0 Å². The standard InChI is InChI=1S/C26H26N4O2/c1-30(18-20-8-4-2-5-9-20)24-14-12-22(13-15-24)29-26(31)27-17-16-23-19-32-25(28-23)21-10-6-3-7-11-21/h2-15,19H,16-18H2,1H3,(H2,27,29,31). The lowest BCUT2D eigenvalue weighted by molar-refractivity contribution is 0.252. The molecule has 3 aromatic carbocycles. The third-order valence-electron chi connectivity index (χ3n) is 5.07. The van der Waals surface area contributed by atoms with Gasteiger partial charge in [0.05, 0.1) is 5.69 Å². The molecule has 0 aliphatic carbocycles. The van der Waals surface area contributed by atoms with Crippen LogP contribution in [0.1, 0.15) is 11.3 Å². The average molecular weight is 427 g/mol. The third-order valence-corrected chi connectivity index (χ3v) is 5.07. The van der Waals surface area contributed by atoms with Crippen molar-refractivity contribution in [3.05, 3.63) is 102 Å². The maximum atomic E-state index is 12.2. The zero-order chi connectivity index (χ0) is 22.2. The molecule has 6 nitrogen and oxygen atoms in total. The second kappa shape index (κ2) is 10.3. The number of benzene rings is 3. The number of aromatic nitrogens is 1. The smallest absolute Gasteiger partial charge is 0.319 e. The normalized spacial score (nSPS) is 10.5. The summed E-state index contributed by atoms with van der Waals surface area (Å²) in [5.74, 6) is 0.586. The molecular formula is C26H26N4O2. The summed E-state index contributed by atoms with van der Waals surface area (Å²) < 4.78 is 5.53. The quantitative estimate of drug-likeness (QED) is 0.399. The zero-order valence-electron chi connectivity index (χ0n) is 18.0. The minimum Gasteiger partial charge on any atom is -0.444 e. The number of oxazole rings is 1. The number of nitrogens with one attached hydrogen (secondary N) is 2. The topological polar surface area (TPSA) is 70.4 Å². The maximum Gasteiger partial charge on any atom is 0.319 e. The molecule has 0 fully saturated rings. The summed E-state index contributed by atoms with van der Waals surface area (Å²) >= 11 is 0. The number of rotatable bonds is 8. The molecule has 6 heteroatoms. The number of urea groups is 1. The molecule has 4 rings (SSSR count). The van der Waals surface area contributed by atoms with E-state index in [4.69, 9.17) is 4.42 Å². The molecule has 0 unspecified atom stereocenters. The predicted octanol–water partition coefficient (Wildman–Crippen LogP) is 5.34. The van der Waals surface area contributed by atoms with Crippen molar-refractivity contribution in [1.29, 1.82) is 0 Å². The van der Waals surface area contributed by atoms with E-state index in [1.165, 1.54) is 5.56 Å². The summed E-state index contributed by atoms with van der Waals surface area (Å²) in [5.41, 5.74) is 4.81. The Hall–Kier alpha value is -4.06. The van der Waals surface area contributed by atoms with Crippen LogP contribution in [0.25, 0.3) is 11.5 Å². The molecule has 1 heterocycles. The Balaban J connectivity index is 1.22. The van der Waals surface area contributed by atoms with Crippen LogP contribution in [0.5, 0.6) is 0 Å². The second-order valence-corrected chi connectivity index (χ2v) is 7.53. The fourth-order valence-corrected chi connectivity index (χ4v) is 3.36. The Kier molecular flexibility index (Phi) is 6.82. The molecule has 0 saturated heterocycles. The third kappa shape index (κ3) is 5.76. The first kappa shape index (κ1) is 21.2. The molecule has 0 radical (unpaired) electrons. The van der Waals surface area contributed by atoms with Crippen LogP contribution in [-0.4, -0.2) is 24.6 Å². The highest BCUT2D eigenvalue weighted by molar-refractivity contribution is 5.89. The predicted molar refractivity (Wildman–Crippen MR) is 128 cm³/mol. The molecule has 4 aromatic rings. The van der Waals surface area contributed by atoms with Gasteiger partial charge in [0, 0.05) is 43.5 Å². The Labute approximate surface area is 187 Å². The van der Waals surface area contributed by atoms with Crippen molar-refractivity contribution in [1.82, 2.24) is 10.3 Å². The van der Waals surface area contributed by atoms with Gasteiger partial charge in [-0.3, -0.25) is 0 Å². The molecule has 0 atom stereocenters. The molecule has 162 valence electrons. The van der Waals surface area contributed by atoms with Gasteiger partial charge in [0.2, 0.25) is 5.89 Å². The second-order valence-electron chi connectivity index (χ2n) is 7.53. The maximum absolute atomic E-state index is 12.2. The summed E-state index contributed by atoms with van der Waals surface area (Å²) in [4.78, 5) is 18.9. The van der Waals surface area contributed by atoms with Gasteiger partial charge in [0.25, 0.3) is 0 Å². The Morgan fingerprint density at radius 1 is 0.938 bits per heavy atom. The Bertz CT molecular complexity index is 1130. The lowest BCUT2D eigenvalue weighted by Gasteiger charge is -2.20. The van der Waals surface area contributed by atoms with E-state index in [1.807, 2.05) is 72.8 Å². The summed E-state index contributed by atoms with van der Waals surface area (Å²) in [6, 6.07) is 27.6. The minimum absolute atomic E-state index is 0.248. The van der Waals surface area contributed by atoms with Crippen molar-refractivity contribution < 1.29 is 9.21 Å². The van der Waals surface area contributed by atoms with Crippen LogP contribution in [0.15, 0.2) is 95.6 Å². The minimum atomic E-state index is -0.248. The fourth-order valence-electron chi connectivity index (χ4n) is 3.36. The van der Waals surface area contributed by atoms with Gasteiger partial charge < -0.3 is 20.0 Å². The number of carbonyl (C=O) groups is 1. The monoisotopic (exact) mass is 426 g/mol. The van der Waals surface area contributed by atoms with E-state index in [-0.39, 0.29) is 6.03 Å². The van der Waals surface area contributed by atoms with Crippen LogP contribution in [0.3, 0.4) is 0 Å². The van der Waals surface area contributed by atoms with Crippen LogP contribution in [0.4, 0.5) is 16.2 Å². The fraction of sp³-hybridized carbons (Fsp3) is 0.154. The van der Waals surface area contributed by atoms with Crippen molar-refractivity contribution in [2.24, 2.45) is 0 Å². The molecule has 0 aliphatic rings. The number of amides is 2. The molecule has 0 bridgehead atoms. The Morgan fingerprint density at radius 3 is 2.34 bits per heavy atom. The van der Waals surface area contributed by atoms with E-state index in [0.717, 1.165) is 29.2 Å². The molecule has 0 saturated carbocycles. The van der Waals surface area contributed by atoms with E-state index in [2.05, 4.69) is 39.7 Å². The van der Waals surface area contributed by atoms with Gasteiger partial charge in [-0.25, -0.2) is 9.78 Å². The first-order valence-corrected chi connectivity index (χ1v) is 10.6. The van der Waals surface area contributed by atoms with Crippen molar-refractivity contribution in [2.45, 2.75) is 13.0 Å². The molecule has 32 heavy (non-hydrogen) atoms.